The van der Waals surface area contributed by atoms with Crippen LogP contribution in [0.5, 0.6) is 5.88 Å². The van der Waals surface area contributed by atoms with E-state index in [2.05, 4.69) is 20.6 Å². The summed E-state index contributed by atoms with van der Waals surface area (Å²) in [5, 5.41) is 7.03. The van der Waals surface area contributed by atoms with Gasteiger partial charge in [0.05, 0.1) is 28.4 Å². The molecule has 0 bridgehead atoms. The number of benzene rings is 2. The van der Waals surface area contributed by atoms with E-state index in [0.717, 1.165) is 24.1 Å². The number of methoxy groups -OCH3 is 1. The summed E-state index contributed by atoms with van der Waals surface area (Å²) in [7, 11) is 1.35. The molecule has 0 atom stereocenters. The highest BCUT2D eigenvalue weighted by Crippen LogP contribution is 2.37. The van der Waals surface area contributed by atoms with Crippen LogP contribution in [-0.2, 0) is 17.7 Å². The highest BCUT2D eigenvalue weighted by atomic mass is 35.5. The van der Waals surface area contributed by atoms with Gasteiger partial charge in [-0.3, -0.25) is 9.69 Å². The Kier molecular flexibility index (Phi) is 5.99. The van der Waals surface area contributed by atoms with E-state index >= 15 is 0 Å². The molecule has 3 heterocycles. The summed E-state index contributed by atoms with van der Waals surface area (Å²) in [5.41, 5.74) is 3.61. The molecule has 2 aromatic carbocycles. The first kappa shape index (κ1) is 22.4. The van der Waals surface area contributed by atoms with E-state index in [1.165, 1.54) is 18.2 Å². The molecule has 2 aliphatic heterocycles. The Morgan fingerprint density at radius 1 is 1.26 bits per heavy atom. The third-order valence-electron chi connectivity index (χ3n) is 5.64. The molecule has 11 heteroatoms. The predicted molar refractivity (Wildman–Crippen MR) is 127 cm³/mol. The Morgan fingerprint density at radius 2 is 2.06 bits per heavy atom. The molecule has 0 saturated heterocycles. The lowest BCUT2D eigenvalue weighted by atomic mass is 9.95. The van der Waals surface area contributed by atoms with E-state index in [9.17, 15) is 9.59 Å². The third-order valence-corrected chi connectivity index (χ3v) is 6.25. The molecule has 1 amide bonds. The average Bonchev–Trinajstić information content (AvgIpc) is 2.84. The van der Waals surface area contributed by atoms with Crippen molar-refractivity contribution in [2.24, 2.45) is 0 Å². The van der Waals surface area contributed by atoms with Gasteiger partial charge in [0.15, 0.2) is 6.73 Å². The number of carbonyl (C=O) groups excluding carboxylic acids is 2. The molecule has 2 aliphatic rings. The van der Waals surface area contributed by atoms with Crippen LogP contribution < -0.4 is 20.3 Å². The van der Waals surface area contributed by atoms with Crippen LogP contribution in [0.4, 0.5) is 17.3 Å². The maximum atomic E-state index is 13.1. The van der Waals surface area contributed by atoms with Crippen molar-refractivity contribution < 1.29 is 19.1 Å². The van der Waals surface area contributed by atoms with Crippen molar-refractivity contribution in [2.75, 3.05) is 30.6 Å². The largest absolute Gasteiger partial charge is 0.465 e. The molecule has 0 spiro atoms. The Hall–Kier alpha value is -3.40. The van der Waals surface area contributed by atoms with Crippen LogP contribution in [0.3, 0.4) is 0 Å². The summed E-state index contributed by atoms with van der Waals surface area (Å²) in [6, 6.07) is 8.64. The first-order valence-corrected chi connectivity index (χ1v) is 11.2. The number of anilines is 3. The smallest absolute Gasteiger partial charge is 0.338 e. The number of esters is 1. The van der Waals surface area contributed by atoms with E-state index in [1.807, 2.05) is 6.07 Å². The van der Waals surface area contributed by atoms with Crippen LogP contribution in [0, 0.1) is 0 Å². The van der Waals surface area contributed by atoms with Crippen molar-refractivity contribution in [3.63, 3.8) is 0 Å². The number of aromatic nitrogens is 2. The number of hydrogen-bond donors (Lipinski definition) is 2. The maximum absolute atomic E-state index is 13.1. The summed E-state index contributed by atoms with van der Waals surface area (Å²) >= 11 is 12.5. The fraction of sp³-hybridized carbons (Fsp3) is 0.217. The molecule has 34 heavy (non-hydrogen) atoms. The number of rotatable bonds is 4. The second-order valence-corrected chi connectivity index (χ2v) is 8.51. The minimum absolute atomic E-state index is 0.107. The van der Waals surface area contributed by atoms with Gasteiger partial charge in [0.1, 0.15) is 5.56 Å². The SMILES string of the molecule is COC(=O)c1cc(Nc2ncc3c(n2)OCN(c2c(Cl)cccc2Cl)C3=O)cc2c1CNCC2. The van der Waals surface area contributed by atoms with Gasteiger partial charge in [-0.1, -0.05) is 29.3 Å². The maximum Gasteiger partial charge on any atom is 0.338 e. The van der Waals surface area contributed by atoms with E-state index in [-0.39, 0.29) is 30.0 Å². The molecular weight excluding hydrogens is 481 g/mol. The molecule has 2 N–H and O–H groups in total. The van der Waals surface area contributed by atoms with Crippen molar-refractivity contribution in [2.45, 2.75) is 13.0 Å². The highest BCUT2D eigenvalue weighted by Gasteiger charge is 2.31. The molecule has 0 radical (unpaired) electrons. The molecule has 1 aromatic heterocycles. The van der Waals surface area contributed by atoms with Crippen molar-refractivity contribution in [1.82, 2.24) is 15.3 Å². The van der Waals surface area contributed by atoms with Gasteiger partial charge in [-0.05, 0) is 48.4 Å². The van der Waals surface area contributed by atoms with Gasteiger partial charge in [0, 0.05) is 18.4 Å². The molecule has 3 aromatic rings. The number of halogens is 2. The third kappa shape index (κ3) is 4.02. The number of hydrogen-bond acceptors (Lipinski definition) is 8. The van der Waals surface area contributed by atoms with Gasteiger partial charge in [0.2, 0.25) is 11.8 Å². The first-order valence-electron chi connectivity index (χ1n) is 10.4. The zero-order valence-electron chi connectivity index (χ0n) is 18.0. The van der Waals surface area contributed by atoms with Crippen LogP contribution in [0.15, 0.2) is 36.5 Å². The van der Waals surface area contributed by atoms with Gasteiger partial charge in [0.25, 0.3) is 5.91 Å². The van der Waals surface area contributed by atoms with E-state index in [4.69, 9.17) is 32.7 Å². The number of nitrogens with zero attached hydrogens (tertiary/aromatic N) is 3. The van der Waals surface area contributed by atoms with Crippen molar-refractivity contribution in [3.8, 4) is 5.88 Å². The van der Waals surface area contributed by atoms with Crippen LogP contribution in [0.1, 0.15) is 31.8 Å². The fourth-order valence-corrected chi connectivity index (χ4v) is 4.62. The number of para-hydroxylation sites is 1. The summed E-state index contributed by atoms with van der Waals surface area (Å²) in [4.78, 5) is 35.4. The predicted octanol–water partition coefficient (Wildman–Crippen LogP) is 3.96. The minimum Gasteiger partial charge on any atom is -0.465 e. The lowest BCUT2D eigenvalue weighted by Gasteiger charge is -2.29. The summed E-state index contributed by atoms with van der Waals surface area (Å²) in [5.74, 6) is -0.433. The Bertz CT molecular complexity index is 1300. The zero-order valence-corrected chi connectivity index (χ0v) is 19.5. The quantitative estimate of drug-likeness (QED) is 0.519. The number of nitrogens with one attached hydrogen (secondary N) is 2. The van der Waals surface area contributed by atoms with Gasteiger partial charge in [-0.2, -0.15) is 4.98 Å². The number of fused-ring (bicyclic) bond motifs is 2. The molecular formula is C23H19Cl2N5O4. The minimum atomic E-state index is -0.415. The van der Waals surface area contributed by atoms with Crippen LogP contribution >= 0.6 is 23.2 Å². The Balaban J connectivity index is 1.43. The summed E-state index contributed by atoms with van der Waals surface area (Å²) in [6.07, 6.45) is 2.16. The zero-order chi connectivity index (χ0) is 23.8. The molecule has 0 fully saturated rings. The van der Waals surface area contributed by atoms with E-state index in [0.29, 0.717) is 33.5 Å². The second kappa shape index (κ2) is 9.09. The van der Waals surface area contributed by atoms with Gasteiger partial charge in [-0.25, -0.2) is 9.78 Å². The molecule has 0 aliphatic carbocycles. The molecule has 0 unspecified atom stereocenters. The van der Waals surface area contributed by atoms with E-state index < -0.39 is 5.97 Å². The van der Waals surface area contributed by atoms with Crippen LogP contribution in [-0.4, -0.2) is 42.2 Å². The lowest BCUT2D eigenvalue weighted by Crippen LogP contribution is -2.39. The molecule has 9 nitrogen and oxygen atoms in total. The van der Waals surface area contributed by atoms with Gasteiger partial charge >= 0.3 is 5.97 Å². The Labute approximate surface area is 205 Å². The normalized spacial score (nSPS) is 14.7. The summed E-state index contributed by atoms with van der Waals surface area (Å²) in [6.45, 7) is 1.30. The molecule has 5 rings (SSSR count). The lowest BCUT2D eigenvalue weighted by molar-refractivity contribution is 0.0598. The molecule has 0 saturated carbocycles. The van der Waals surface area contributed by atoms with Gasteiger partial charge < -0.3 is 20.1 Å². The van der Waals surface area contributed by atoms with Crippen molar-refractivity contribution in [1.29, 1.82) is 0 Å². The van der Waals surface area contributed by atoms with Crippen molar-refractivity contribution in [3.05, 3.63) is 68.8 Å². The number of amides is 1. The first-order chi connectivity index (χ1) is 16.5. The standard InChI is InChI=1S/C23H19Cl2N5O4/c1-33-22(32)14-8-13(7-12-5-6-26-9-15(12)14)28-23-27-10-16-20(29-23)34-11-30(21(16)31)19-17(24)3-2-4-18(19)25/h2-4,7-8,10,26H,5-6,9,11H2,1H3,(H,27,28,29). The van der Waals surface area contributed by atoms with E-state index in [1.54, 1.807) is 24.3 Å². The molecule has 174 valence electrons. The Morgan fingerprint density at radius 3 is 2.82 bits per heavy atom. The second-order valence-electron chi connectivity index (χ2n) is 7.69. The fourth-order valence-electron chi connectivity index (χ4n) is 4.02. The topological polar surface area (TPSA) is 106 Å². The number of carbonyl (C=O) groups is 2. The highest BCUT2D eigenvalue weighted by molar-refractivity contribution is 6.40. The van der Waals surface area contributed by atoms with Crippen LogP contribution in [0.2, 0.25) is 10.0 Å². The summed E-state index contributed by atoms with van der Waals surface area (Å²) < 4.78 is 10.7. The monoisotopic (exact) mass is 499 g/mol. The van der Waals surface area contributed by atoms with Crippen molar-refractivity contribution >= 4 is 52.4 Å². The number of ether oxygens (including phenoxy) is 2. The van der Waals surface area contributed by atoms with Crippen LogP contribution in [0.25, 0.3) is 0 Å². The average molecular weight is 500 g/mol. The van der Waals surface area contributed by atoms with Gasteiger partial charge in [-0.15, -0.1) is 0 Å².